The van der Waals surface area contributed by atoms with Crippen LogP contribution in [0, 0.1) is 16.7 Å². The molecule has 0 atom stereocenters. The van der Waals surface area contributed by atoms with Gasteiger partial charge >= 0.3 is 0 Å². The van der Waals surface area contributed by atoms with Gasteiger partial charge < -0.3 is 4.98 Å². The van der Waals surface area contributed by atoms with Crippen molar-refractivity contribution in [2.24, 2.45) is 5.41 Å². The van der Waals surface area contributed by atoms with Crippen LogP contribution in [-0.2, 0) is 0 Å². The Kier molecular flexibility index (Phi) is 3.67. The van der Waals surface area contributed by atoms with Gasteiger partial charge in [0.25, 0.3) is 0 Å². The molecule has 3 aromatic rings. The minimum atomic E-state index is -0.0732. The first-order chi connectivity index (χ1) is 11.0. The summed E-state index contributed by atoms with van der Waals surface area (Å²) in [5.41, 5.74) is 4.39. The third kappa shape index (κ3) is 3.27. The zero-order valence-electron chi connectivity index (χ0n) is 13.3. The summed E-state index contributed by atoms with van der Waals surface area (Å²) < 4.78 is 0. The molecule has 0 unspecified atom stereocenters. The van der Waals surface area contributed by atoms with Crippen LogP contribution in [0.4, 0.5) is 0 Å². The van der Waals surface area contributed by atoms with E-state index in [1.807, 2.05) is 30.5 Å². The number of pyridine rings is 1. The molecular formula is C18H17N5. The Morgan fingerprint density at radius 1 is 1.17 bits per heavy atom. The number of allylic oxidation sites excluding steroid dienone is 2. The van der Waals surface area contributed by atoms with Crippen LogP contribution in [0.15, 0.2) is 42.9 Å². The fourth-order valence-corrected chi connectivity index (χ4v) is 2.27. The van der Waals surface area contributed by atoms with Crippen molar-refractivity contribution in [2.45, 2.75) is 20.8 Å². The number of rotatable bonds is 2. The lowest BCUT2D eigenvalue weighted by atomic mass is 9.92. The maximum absolute atomic E-state index is 9.34. The van der Waals surface area contributed by atoms with Crippen LogP contribution in [-0.4, -0.2) is 19.9 Å². The fourth-order valence-electron chi connectivity index (χ4n) is 2.27. The monoisotopic (exact) mass is 303 g/mol. The molecule has 0 bridgehead atoms. The van der Waals surface area contributed by atoms with Crippen LogP contribution < -0.4 is 0 Å². The van der Waals surface area contributed by atoms with E-state index >= 15 is 0 Å². The number of fused-ring (bicyclic) bond motifs is 1. The van der Waals surface area contributed by atoms with Gasteiger partial charge in [0, 0.05) is 18.0 Å². The van der Waals surface area contributed by atoms with E-state index in [4.69, 9.17) is 0 Å². The van der Waals surface area contributed by atoms with Gasteiger partial charge in [0.2, 0.25) is 0 Å². The lowest BCUT2D eigenvalue weighted by Gasteiger charge is -2.12. The normalized spacial score (nSPS) is 12.3. The first-order valence-corrected chi connectivity index (χ1v) is 7.36. The van der Waals surface area contributed by atoms with Gasteiger partial charge in [-0.15, -0.1) is 0 Å². The van der Waals surface area contributed by atoms with Crippen molar-refractivity contribution in [1.82, 2.24) is 19.9 Å². The summed E-state index contributed by atoms with van der Waals surface area (Å²) in [6.45, 7) is 6.17. The number of aromatic amines is 1. The molecule has 3 aromatic heterocycles. The molecule has 0 aliphatic carbocycles. The van der Waals surface area contributed by atoms with Crippen molar-refractivity contribution in [3.63, 3.8) is 0 Å². The number of H-pyrrole nitrogens is 1. The quantitative estimate of drug-likeness (QED) is 0.726. The largest absolute Gasteiger partial charge is 0.345 e. The van der Waals surface area contributed by atoms with E-state index in [0.717, 1.165) is 22.4 Å². The first-order valence-electron chi connectivity index (χ1n) is 7.36. The van der Waals surface area contributed by atoms with Crippen LogP contribution >= 0.6 is 0 Å². The van der Waals surface area contributed by atoms with Crippen molar-refractivity contribution < 1.29 is 0 Å². The van der Waals surface area contributed by atoms with Gasteiger partial charge in [-0.05, 0) is 23.6 Å². The molecule has 0 saturated heterocycles. The van der Waals surface area contributed by atoms with Crippen LogP contribution in [0.3, 0.4) is 0 Å². The highest BCUT2D eigenvalue weighted by Crippen LogP contribution is 2.24. The van der Waals surface area contributed by atoms with Crippen molar-refractivity contribution in [3.8, 4) is 17.3 Å². The third-order valence-electron chi connectivity index (χ3n) is 3.29. The zero-order valence-corrected chi connectivity index (χ0v) is 13.3. The lowest BCUT2D eigenvalue weighted by Crippen LogP contribution is -2.01. The second-order valence-corrected chi connectivity index (χ2v) is 6.43. The second kappa shape index (κ2) is 5.65. The Balaban J connectivity index is 1.95. The number of aromatic nitrogens is 4. The number of nitrogens with one attached hydrogen (secondary N) is 1. The molecule has 5 nitrogen and oxygen atoms in total. The molecule has 0 amide bonds. The highest BCUT2D eigenvalue weighted by molar-refractivity contribution is 5.77. The van der Waals surface area contributed by atoms with Crippen LogP contribution in [0.5, 0.6) is 0 Å². The molecule has 0 aliphatic heterocycles. The molecule has 0 radical (unpaired) electrons. The van der Waals surface area contributed by atoms with Crippen molar-refractivity contribution in [3.05, 3.63) is 48.6 Å². The Hall–Kier alpha value is -3.00. The maximum Gasteiger partial charge on any atom is 0.156 e. The van der Waals surface area contributed by atoms with Gasteiger partial charge in [0.1, 0.15) is 11.6 Å². The van der Waals surface area contributed by atoms with Crippen molar-refractivity contribution >= 4 is 16.7 Å². The van der Waals surface area contributed by atoms with E-state index in [0.29, 0.717) is 11.3 Å². The van der Waals surface area contributed by atoms with Crippen LogP contribution in [0.1, 0.15) is 26.5 Å². The Bertz CT molecular complexity index is 905. The minimum Gasteiger partial charge on any atom is -0.345 e. The average molecular weight is 303 g/mol. The minimum absolute atomic E-state index is 0.0732. The molecule has 114 valence electrons. The molecule has 0 aromatic carbocycles. The number of hydrogen-bond donors (Lipinski definition) is 1. The molecule has 5 heteroatoms. The molecule has 0 aliphatic rings. The number of nitrogens with zero attached hydrogens (tertiary/aromatic N) is 4. The van der Waals surface area contributed by atoms with Crippen LogP contribution in [0.2, 0.25) is 0 Å². The third-order valence-corrected chi connectivity index (χ3v) is 3.29. The smallest absolute Gasteiger partial charge is 0.156 e. The summed E-state index contributed by atoms with van der Waals surface area (Å²) in [7, 11) is 0. The fraction of sp³-hybridized carbons (Fsp3) is 0.222. The molecule has 3 rings (SSSR count). The van der Waals surface area contributed by atoms with Gasteiger partial charge in [0.15, 0.2) is 5.65 Å². The van der Waals surface area contributed by atoms with Crippen molar-refractivity contribution in [1.29, 1.82) is 5.26 Å². The summed E-state index contributed by atoms with van der Waals surface area (Å²) in [5, 5.41) is 9.34. The number of nitriles is 1. The van der Waals surface area contributed by atoms with E-state index in [-0.39, 0.29) is 5.41 Å². The van der Waals surface area contributed by atoms with Gasteiger partial charge in [-0.2, -0.15) is 5.26 Å². The van der Waals surface area contributed by atoms with E-state index < -0.39 is 0 Å². The molecule has 1 N–H and O–H groups in total. The van der Waals surface area contributed by atoms with E-state index in [1.165, 1.54) is 0 Å². The van der Waals surface area contributed by atoms with Gasteiger partial charge in [-0.25, -0.2) is 9.97 Å². The van der Waals surface area contributed by atoms with Gasteiger partial charge in [-0.1, -0.05) is 26.8 Å². The predicted molar refractivity (Wildman–Crippen MR) is 90.2 cm³/mol. The second-order valence-electron chi connectivity index (χ2n) is 6.43. The van der Waals surface area contributed by atoms with Gasteiger partial charge in [-0.3, -0.25) is 4.98 Å². The standard InChI is InChI=1S/C18H17N5/c1-18(2,3)8-13(9-19)14-5-4-12(10-21-14)16-11-22-17-15(23-16)6-7-20-17/h4-8,10-11H,1-3H3,(H,20,22). The van der Waals surface area contributed by atoms with Gasteiger partial charge in [0.05, 0.1) is 23.2 Å². The summed E-state index contributed by atoms with van der Waals surface area (Å²) >= 11 is 0. The summed E-state index contributed by atoms with van der Waals surface area (Å²) in [6, 6.07) is 7.87. The predicted octanol–water partition coefficient (Wildman–Crippen LogP) is 3.97. The molecule has 0 spiro atoms. The maximum atomic E-state index is 9.34. The van der Waals surface area contributed by atoms with E-state index in [1.54, 1.807) is 12.4 Å². The highest BCUT2D eigenvalue weighted by Gasteiger charge is 2.11. The molecular weight excluding hydrogens is 286 g/mol. The summed E-state index contributed by atoms with van der Waals surface area (Å²) in [5.74, 6) is 0. The number of hydrogen-bond acceptors (Lipinski definition) is 4. The molecule has 0 fully saturated rings. The van der Waals surface area contributed by atoms with Crippen molar-refractivity contribution in [2.75, 3.05) is 0 Å². The molecule has 3 heterocycles. The van der Waals surface area contributed by atoms with Crippen LogP contribution in [0.25, 0.3) is 28.0 Å². The topological polar surface area (TPSA) is 78.2 Å². The average Bonchev–Trinajstić information content (AvgIpc) is 2.99. The summed E-state index contributed by atoms with van der Waals surface area (Å²) in [6.07, 6.45) is 7.18. The first kappa shape index (κ1) is 14.9. The summed E-state index contributed by atoms with van der Waals surface area (Å²) in [4.78, 5) is 16.3. The Labute approximate surface area is 134 Å². The lowest BCUT2D eigenvalue weighted by molar-refractivity contribution is 0.546. The molecule has 23 heavy (non-hydrogen) atoms. The zero-order chi connectivity index (χ0) is 16.4. The molecule has 0 saturated carbocycles. The SMILES string of the molecule is CC(C)(C)C=C(C#N)c1ccc(-c2cnc3[nH]ccc3n2)cn1. The van der Waals surface area contributed by atoms with E-state index in [9.17, 15) is 5.26 Å². The van der Waals surface area contributed by atoms with E-state index in [2.05, 4.69) is 46.8 Å². The highest BCUT2D eigenvalue weighted by atomic mass is 14.9. The Morgan fingerprint density at radius 3 is 2.65 bits per heavy atom. The Morgan fingerprint density at radius 2 is 2.00 bits per heavy atom.